The first-order valence-corrected chi connectivity index (χ1v) is 27.5. The van der Waals surface area contributed by atoms with Gasteiger partial charge in [0.2, 0.25) is 0 Å². The van der Waals surface area contributed by atoms with Gasteiger partial charge in [-0.25, -0.2) is 18.4 Å². The third kappa shape index (κ3) is 13.3. The van der Waals surface area contributed by atoms with E-state index in [1.165, 1.54) is 26.4 Å². The van der Waals surface area contributed by atoms with Gasteiger partial charge in [0.1, 0.15) is 23.1 Å². The number of aromatic carboxylic acids is 1. The van der Waals surface area contributed by atoms with Crippen LogP contribution in [0.2, 0.25) is 0 Å². The lowest BCUT2D eigenvalue weighted by Gasteiger charge is -2.34. The van der Waals surface area contributed by atoms with E-state index < -0.39 is 5.97 Å². The summed E-state index contributed by atoms with van der Waals surface area (Å²) in [5.41, 5.74) is 12.3. The molecule has 2 aliphatic rings. The fraction of sp³-hybridized carbons (Fsp3) is 0.355. The molecule has 0 radical (unpaired) electrons. The van der Waals surface area contributed by atoms with Crippen LogP contribution in [0.4, 0.5) is 8.78 Å². The molecule has 2 unspecified atom stereocenters. The molecule has 20 heteroatoms. The van der Waals surface area contributed by atoms with Gasteiger partial charge in [0, 0.05) is 149 Å². The molecule has 0 spiro atoms. The number of morpholine rings is 2. The number of carbonyl (C=O) groups excluding carboxylic acids is 1. The first-order valence-electron chi connectivity index (χ1n) is 27.1. The number of halogens is 3. The highest BCUT2D eigenvalue weighted by Gasteiger charge is 2.28. The van der Waals surface area contributed by atoms with E-state index in [1.54, 1.807) is 30.3 Å². The maximum absolute atomic E-state index is 15.0. The van der Waals surface area contributed by atoms with E-state index in [4.69, 9.17) is 30.7 Å². The van der Waals surface area contributed by atoms with Crippen molar-refractivity contribution >= 4 is 34.7 Å². The van der Waals surface area contributed by atoms with Gasteiger partial charge in [0.25, 0.3) is 17.0 Å². The zero-order valence-corrected chi connectivity index (χ0v) is 48.7. The number of hydrogen-bond donors (Lipinski definition) is 5. The summed E-state index contributed by atoms with van der Waals surface area (Å²) in [6, 6.07) is 20.5. The minimum absolute atomic E-state index is 0.0170. The van der Waals surface area contributed by atoms with Gasteiger partial charge in [-0.15, -0.1) is 0 Å². The number of carbonyl (C=O) groups is 2. The Hall–Kier alpha value is -7.65. The number of carboxylic acids is 1. The Morgan fingerprint density at radius 2 is 1.05 bits per heavy atom. The van der Waals surface area contributed by atoms with Crippen LogP contribution in [0.5, 0.6) is 11.5 Å². The van der Waals surface area contributed by atoms with Crippen molar-refractivity contribution in [2.75, 3.05) is 66.8 Å². The van der Waals surface area contributed by atoms with Crippen molar-refractivity contribution < 1.29 is 42.4 Å². The summed E-state index contributed by atoms with van der Waals surface area (Å²) in [5, 5.41) is 12.7. The zero-order chi connectivity index (χ0) is 59.1. The van der Waals surface area contributed by atoms with Crippen LogP contribution in [0.25, 0.3) is 33.3 Å². The molecule has 10 rings (SSSR count). The molecule has 2 atom stereocenters. The van der Waals surface area contributed by atoms with Crippen LogP contribution >= 0.6 is 11.8 Å². The lowest BCUT2D eigenvalue weighted by molar-refractivity contribution is 0.0186. The number of methoxy groups -OCH3 is 2. The molecule has 2 aliphatic heterocycles. The van der Waals surface area contributed by atoms with Gasteiger partial charge < -0.3 is 48.1 Å². The van der Waals surface area contributed by atoms with Crippen molar-refractivity contribution in [3.8, 4) is 33.8 Å². The van der Waals surface area contributed by atoms with Crippen LogP contribution in [0.3, 0.4) is 0 Å². The summed E-state index contributed by atoms with van der Waals surface area (Å²) in [4.78, 5) is 61.9. The minimum Gasteiger partial charge on any atom is -0.497 e. The van der Waals surface area contributed by atoms with Gasteiger partial charge in [-0.1, -0.05) is 0 Å². The molecule has 1 amide bonds. The molecule has 0 saturated carbocycles. The Kier molecular flexibility index (Phi) is 19.5. The Morgan fingerprint density at radius 1 is 0.634 bits per heavy atom. The molecule has 2 saturated heterocycles. The lowest BCUT2D eigenvalue weighted by atomic mass is 10.0. The number of amides is 1. The van der Waals surface area contributed by atoms with Crippen LogP contribution in [-0.2, 0) is 22.6 Å². The molecule has 6 aromatic heterocycles. The molecule has 17 nitrogen and oxygen atoms in total. The highest BCUT2D eigenvalue weighted by Crippen LogP contribution is 2.36. The number of rotatable bonds is 14. The monoisotopic (exact) mass is 1140 g/mol. The van der Waals surface area contributed by atoms with E-state index in [9.17, 15) is 28.7 Å². The smallest absolute Gasteiger partial charge is 0.336 e. The van der Waals surface area contributed by atoms with Gasteiger partial charge in [-0.05, 0) is 150 Å². The van der Waals surface area contributed by atoms with E-state index >= 15 is 4.39 Å². The lowest BCUT2D eigenvalue weighted by Crippen LogP contribution is -2.39. The number of benzene rings is 2. The number of pyridine rings is 4. The fourth-order valence-corrected chi connectivity index (χ4v) is 11.2. The zero-order valence-electron chi connectivity index (χ0n) is 47.9. The van der Waals surface area contributed by atoms with Crippen molar-refractivity contribution in [3.63, 3.8) is 0 Å². The summed E-state index contributed by atoms with van der Waals surface area (Å²) >= 11 is 5.32. The Bertz CT molecular complexity index is 3770. The first-order chi connectivity index (χ1) is 39.2. The predicted octanol–water partition coefficient (Wildman–Crippen LogP) is 10.1. The number of nitrogens with zero attached hydrogens (tertiary/aromatic N) is 4. The highest BCUT2D eigenvalue weighted by molar-refractivity contribution is 6.13. The Labute approximate surface area is 479 Å². The maximum atomic E-state index is 15.0. The van der Waals surface area contributed by atoms with Crippen LogP contribution in [0.1, 0.15) is 103 Å². The van der Waals surface area contributed by atoms with Gasteiger partial charge in [-0.2, -0.15) is 0 Å². The third-order valence-corrected chi connectivity index (χ3v) is 15.6. The second-order valence-electron chi connectivity index (χ2n) is 20.7. The number of nitrogens with one attached hydrogen (secondary N) is 4. The number of aryl methyl sites for hydroxylation is 4. The molecular formula is C62H71ClF2N8O9. The fourth-order valence-electron chi connectivity index (χ4n) is 11.1. The number of aromatic amines is 2. The summed E-state index contributed by atoms with van der Waals surface area (Å²) in [6.07, 6.45) is 3.81. The second-order valence-corrected chi connectivity index (χ2v) is 21.0. The standard InChI is InChI=1S/C31H35FN4O4.C23H25FN2O4.C8H11ClN2O/c1-18-12-19(2)34-31(38)27(18)16-33-30(37)26-14-23-13-22(25-7-6-24(39-5)15-28(25)32)17-36(23)29(20(26)3)21(4)35-8-10-40-11-9-35;1-14-20(23(27)28)11-17-10-16(19-5-4-18(29-3)12-21(19)24)13-26(17)22(14)15(2)25-6-8-30-9-7-25;1-5-3-6(2)11-8(12)7(5)4-10-9/h6-7,12-15,17,21H,8-11,16H2,1-5H3,(H,33,37)(H,34,38);4-5,10-13,15H,6-9H2,1-3H3,(H,27,28);3,10H,4H2,1-2H3,(H,11,12). The van der Waals surface area contributed by atoms with Gasteiger partial charge in [-0.3, -0.25) is 24.2 Å². The maximum Gasteiger partial charge on any atom is 0.336 e. The Balaban J connectivity index is 0.000000183. The van der Waals surface area contributed by atoms with Crippen LogP contribution in [0, 0.1) is 53.2 Å². The molecule has 0 bridgehead atoms. The number of H-pyrrole nitrogens is 2. The number of ether oxygens (including phenoxy) is 4. The number of carboxylic acid groups (broad SMARTS) is 1. The first kappa shape index (κ1) is 60.4. The minimum atomic E-state index is -0.969. The van der Waals surface area contributed by atoms with E-state index in [2.05, 4.69) is 48.2 Å². The van der Waals surface area contributed by atoms with E-state index in [0.29, 0.717) is 89.0 Å². The van der Waals surface area contributed by atoms with Crippen molar-refractivity contribution in [1.82, 2.24) is 38.7 Å². The molecule has 5 N–H and O–H groups in total. The topological polar surface area (TPSA) is 196 Å². The molecule has 0 aliphatic carbocycles. The molecule has 2 aromatic carbocycles. The van der Waals surface area contributed by atoms with Crippen molar-refractivity contribution in [1.29, 1.82) is 0 Å². The molecule has 8 aromatic rings. The number of fused-ring (bicyclic) bond motifs is 2. The highest BCUT2D eigenvalue weighted by atomic mass is 35.5. The van der Waals surface area contributed by atoms with Crippen LogP contribution in [0.15, 0.2) is 94.8 Å². The van der Waals surface area contributed by atoms with Crippen molar-refractivity contribution in [2.24, 2.45) is 0 Å². The van der Waals surface area contributed by atoms with Gasteiger partial charge in [0.15, 0.2) is 0 Å². The second kappa shape index (κ2) is 26.5. The largest absolute Gasteiger partial charge is 0.497 e. The molecule has 434 valence electrons. The van der Waals surface area contributed by atoms with E-state index in [0.717, 1.165) is 76.7 Å². The van der Waals surface area contributed by atoms with Gasteiger partial charge >= 0.3 is 5.97 Å². The quantitative estimate of drug-likeness (QED) is 0.0648. The number of aromatic nitrogens is 4. The van der Waals surface area contributed by atoms with E-state index in [1.807, 2.05) is 88.7 Å². The summed E-state index contributed by atoms with van der Waals surface area (Å²) in [6.45, 7) is 21.6. The molecular weight excluding hydrogens is 1070 g/mol. The predicted molar refractivity (Wildman–Crippen MR) is 314 cm³/mol. The average molecular weight is 1150 g/mol. The van der Waals surface area contributed by atoms with Crippen molar-refractivity contribution in [3.05, 3.63) is 185 Å². The summed E-state index contributed by atoms with van der Waals surface area (Å²) in [5.74, 6) is -1.11. The average Bonchev–Trinajstić information content (AvgIpc) is 2.90. The van der Waals surface area contributed by atoms with Gasteiger partial charge in [0.05, 0.1) is 46.2 Å². The summed E-state index contributed by atoms with van der Waals surface area (Å²) in [7, 11) is 3.00. The summed E-state index contributed by atoms with van der Waals surface area (Å²) < 4.78 is 55.1. The number of hydrogen-bond acceptors (Lipinski definition) is 11. The van der Waals surface area contributed by atoms with E-state index in [-0.39, 0.29) is 52.9 Å². The normalized spacial score (nSPS) is 14.6. The van der Waals surface area contributed by atoms with Crippen LogP contribution in [-0.4, -0.2) is 112 Å². The molecule has 8 heterocycles. The molecule has 82 heavy (non-hydrogen) atoms. The Morgan fingerprint density at radius 3 is 1.44 bits per heavy atom. The SMILES string of the molecule is COc1ccc(-c2cc3cc(C(=O)NCc4c(C)cc(C)[nH]c4=O)c(C)c(C(C)N4CCOCC4)n3c2)c(F)c1.COc1ccc(-c2cc3cc(C(=O)O)c(C)c(C(C)N4CCOCC4)n3c2)c(F)c1.Cc1cc(C)c(CNCl)c(=O)[nH]1. The van der Waals surface area contributed by atoms with Crippen molar-refractivity contribution in [2.45, 2.75) is 80.6 Å². The molecule has 2 fully saturated rings. The third-order valence-electron chi connectivity index (χ3n) is 15.5. The van der Waals surface area contributed by atoms with Crippen LogP contribution < -0.4 is 30.7 Å².